The first-order chi connectivity index (χ1) is 4.52. The van der Waals surface area contributed by atoms with Crippen LogP contribution in [0.2, 0.25) is 0 Å². The van der Waals surface area contributed by atoms with Crippen LogP contribution in [0, 0.1) is 5.41 Å². The lowest BCUT2D eigenvalue weighted by molar-refractivity contribution is -0.133. The summed E-state index contributed by atoms with van der Waals surface area (Å²) in [5.41, 5.74) is -0.715. The molecule has 3 heteroatoms. The van der Waals surface area contributed by atoms with E-state index >= 15 is 0 Å². The summed E-state index contributed by atoms with van der Waals surface area (Å²) in [7, 11) is 0. The molecular formula is C7H11BrF2. The maximum absolute atomic E-state index is 12.8. The molecule has 0 aromatic heterocycles. The minimum atomic E-state index is -2.51. The van der Waals surface area contributed by atoms with Gasteiger partial charge in [0.05, 0.1) is 0 Å². The molecule has 0 heterocycles. The predicted molar refractivity (Wildman–Crippen MR) is 40.7 cm³/mol. The Hall–Kier alpha value is 0.340. The average molecular weight is 213 g/mol. The fraction of sp³-hybridized carbons (Fsp3) is 1.00. The van der Waals surface area contributed by atoms with Gasteiger partial charge in [0.15, 0.2) is 0 Å². The molecule has 60 valence electrons. The molecule has 0 N–H and O–H groups in total. The first-order valence-corrected chi connectivity index (χ1v) is 4.58. The summed E-state index contributed by atoms with van der Waals surface area (Å²) in [6, 6.07) is 0. The summed E-state index contributed by atoms with van der Waals surface area (Å²) < 4.78 is 25.6. The molecule has 0 atom stereocenters. The smallest absolute Gasteiger partial charge is 0.207 e. The van der Waals surface area contributed by atoms with Gasteiger partial charge < -0.3 is 0 Å². The van der Waals surface area contributed by atoms with Crippen LogP contribution >= 0.6 is 15.9 Å². The van der Waals surface area contributed by atoms with Gasteiger partial charge in [0.25, 0.3) is 5.92 Å². The Kier molecular flexibility index (Phi) is 2.05. The Morgan fingerprint density at radius 1 is 1.50 bits per heavy atom. The summed E-state index contributed by atoms with van der Waals surface area (Å²) in [4.78, 5) is 0. The van der Waals surface area contributed by atoms with Crippen LogP contribution in [-0.2, 0) is 0 Å². The van der Waals surface area contributed by atoms with Gasteiger partial charge in [0.2, 0.25) is 0 Å². The van der Waals surface area contributed by atoms with Crippen molar-refractivity contribution >= 4 is 15.9 Å². The molecule has 10 heavy (non-hydrogen) atoms. The molecule has 0 aromatic carbocycles. The number of hydrogen-bond donors (Lipinski definition) is 0. The highest BCUT2D eigenvalue weighted by Gasteiger charge is 2.52. The van der Waals surface area contributed by atoms with Crippen LogP contribution in [0.1, 0.15) is 26.2 Å². The third-order valence-electron chi connectivity index (χ3n) is 2.50. The lowest BCUT2D eigenvalue weighted by atomic mass is 9.66. The number of alkyl halides is 3. The first-order valence-electron chi connectivity index (χ1n) is 3.46. The van der Waals surface area contributed by atoms with E-state index in [0.717, 1.165) is 13.3 Å². The Morgan fingerprint density at radius 3 is 2.00 bits per heavy atom. The first kappa shape index (κ1) is 8.44. The van der Waals surface area contributed by atoms with Crippen molar-refractivity contribution in [2.45, 2.75) is 32.1 Å². The molecular weight excluding hydrogens is 202 g/mol. The molecule has 0 bridgehead atoms. The van der Waals surface area contributed by atoms with Gasteiger partial charge in [-0.15, -0.1) is 0 Å². The maximum atomic E-state index is 12.8. The van der Waals surface area contributed by atoms with Crippen LogP contribution in [0.5, 0.6) is 0 Å². The molecule has 0 radical (unpaired) electrons. The highest BCUT2D eigenvalue weighted by Crippen LogP contribution is 2.52. The van der Waals surface area contributed by atoms with E-state index in [1.807, 2.05) is 0 Å². The van der Waals surface area contributed by atoms with Crippen LogP contribution in [0.4, 0.5) is 8.78 Å². The zero-order chi connectivity index (χ0) is 7.83. The minimum absolute atomic E-state index is 0.434. The average Bonchev–Trinajstić information content (AvgIpc) is 1.58. The van der Waals surface area contributed by atoms with E-state index < -0.39 is 11.3 Å². The van der Waals surface area contributed by atoms with Crippen molar-refractivity contribution in [3.63, 3.8) is 0 Å². The van der Waals surface area contributed by atoms with E-state index in [2.05, 4.69) is 15.9 Å². The zero-order valence-electron chi connectivity index (χ0n) is 5.96. The van der Waals surface area contributed by atoms with Gasteiger partial charge in [-0.25, -0.2) is 8.78 Å². The normalized spacial score (nSPS) is 24.0. The fourth-order valence-corrected chi connectivity index (χ4v) is 2.35. The van der Waals surface area contributed by atoms with E-state index in [-0.39, 0.29) is 0 Å². The Labute approximate surface area is 68.1 Å². The van der Waals surface area contributed by atoms with Crippen molar-refractivity contribution in [1.82, 2.24) is 0 Å². The van der Waals surface area contributed by atoms with E-state index in [1.54, 1.807) is 0 Å². The highest BCUT2D eigenvalue weighted by atomic mass is 79.9. The van der Waals surface area contributed by atoms with Crippen LogP contribution in [0.3, 0.4) is 0 Å². The number of hydrogen-bond acceptors (Lipinski definition) is 0. The van der Waals surface area contributed by atoms with Gasteiger partial charge in [-0.1, -0.05) is 22.4 Å². The second-order valence-electron chi connectivity index (χ2n) is 3.16. The number of halogens is 3. The lowest BCUT2D eigenvalue weighted by Crippen LogP contribution is -2.46. The molecule has 0 amide bonds. The second kappa shape index (κ2) is 2.43. The molecule has 1 aliphatic carbocycles. The molecule has 1 fully saturated rings. The topological polar surface area (TPSA) is 0 Å². The summed E-state index contributed by atoms with van der Waals surface area (Å²) in [5, 5.41) is 0.434. The standard InChI is InChI=1S/C7H11BrF2/c1-6(9,10)7(5-8)3-2-4-7/h2-5H2,1H3. The Morgan fingerprint density at radius 2 is 2.00 bits per heavy atom. The molecule has 0 saturated heterocycles. The molecule has 0 spiro atoms. The van der Waals surface area contributed by atoms with Crippen molar-refractivity contribution in [1.29, 1.82) is 0 Å². The zero-order valence-corrected chi connectivity index (χ0v) is 7.55. The molecule has 1 saturated carbocycles. The van der Waals surface area contributed by atoms with E-state index in [1.165, 1.54) is 0 Å². The van der Waals surface area contributed by atoms with Crippen molar-refractivity contribution < 1.29 is 8.78 Å². The third kappa shape index (κ3) is 1.09. The maximum Gasteiger partial charge on any atom is 0.251 e. The SMILES string of the molecule is CC(F)(F)C1(CBr)CCC1. The molecule has 0 unspecified atom stereocenters. The summed E-state index contributed by atoms with van der Waals surface area (Å²) in [5.74, 6) is -2.51. The van der Waals surface area contributed by atoms with Crippen molar-refractivity contribution in [3.8, 4) is 0 Å². The summed E-state index contributed by atoms with van der Waals surface area (Å²) in [6.07, 6.45) is 2.29. The van der Waals surface area contributed by atoms with Crippen molar-refractivity contribution in [2.24, 2.45) is 5.41 Å². The molecule has 0 nitrogen and oxygen atoms in total. The van der Waals surface area contributed by atoms with Crippen LogP contribution in [0.15, 0.2) is 0 Å². The van der Waals surface area contributed by atoms with E-state index in [4.69, 9.17) is 0 Å². The highest BCUT2D eigenvalue weighted by molar-refractivity contribution is 9.09. The van der Waals surface area contributed by atoms with Gasteiger partial charge in [0, 0.05) is 10.7 Å². The van der Waals surface area contributed by atoms with Crippen LogP contribution in [-0.4, -0.2) is 11.3 Å². The molecule has 0 aromatic rings. The fourth-order valence-electron chi connectivity index (χ4n) is 1.29. The van der Waals surface area contributed by atoms with Crippen molar-refractivity contribution in [2.75, 3.05) is 5.33 Å². The van der Waals surface area contributed by atoms with Crippen LogP contribution < -0.4 is 0 Å². The van der Waals surface area contributed by atoms with Gasteiger partial charge in [-0.05, 0) is 19.8 Å². The Balaban J connectivity index is 2.65. The summed E-state index contributed by atoms with van der Waals surface area (Å²) in [6.45, 7) is 1.02. The van der Waals surface area contributed by atoms with E-state index in [9.17, 15) is 8.78 Å². The van der Waals surface area contributed by atoms with Crippen molar-refractivity contribution in [3.05, 3.63) is 0 Å². The lowest BCUT2D eigenvalue weighted by Gasteiger charge is -2.44. The van der Waals surface area contributed by atoms with Gasteiger partial charge in [0.1, 0.15) is 0 Å². The third-order valence-corrected chi connectivity index (χ3v) is 3.57. The predicted octanol–water partition coefficient (Wildman–Crippen LogP) is 3.21. The largest absolute Gasteiger partial charge is 0.251 e. The second-order valence-corrected chi connectivity index (χ2v) is 3.72. The molecule has 1 aliphatic rings. The molecule has 0 aliphatic heterocycles. The number of rotatable bonds is 2. The van der Waals surface area contributed by atoms with E-state index in [0.29, 0.717) is 18.2 Å². The van der Waals surface area contributed by atoms with Gasteiger partial charge >= 0.3 is 0 Å². The van der Waals surface area contributed by atoms with Gasteiger partial charge in [-0.2, -0.15) is 0 Å². The summed E-state index contributed by atoms with van der Waals surface area (Å²) >= 11 is 3.14. The van der Waals surface area contributed by atoms with Crippen LogP contribution in [0.25, 0.3) is 0 Å². The monoisotopic (exact) mass is 212 g/mol. The quantitative estimate of drug-likeness (QED) is 0.618. The minimum Gasteiger partial charge on any atom is -0.207 e. The van der Waals surface area contributed by atoms with Gasteiger partial charge in [-0.3, -0.25) is 0 Å². The molecule has 1 rings (SSSR count). The Bertz CT molecular complexity index is 119.